The molecule has 1 saturated carbocycles. The predicted molar refractivity (Wildman–Crippen MR) is 127 cm³/mol. The zero-order valence-electron chi connectivity index (χ0n) is 18.8. The fourth-order valence-electron chi connectivity index (χ4n) is 4.66. The number of hydrogen-bond acceptors (Lipinski definition) is 3. The average molecular weight is 423 g/mol. The largest absolute Gasteiger partial charge is 0.299 e. The second-order valence-electron chi connectivity index (χ2n) is 8.48. The monoisotopic (exact) mass is 422 g/mol. The standard InChI is InChI=1S/C27H34O2S/c1-5-19-8-10-23(11-9-19)30-13-12-20-16-24(28)27(25(29)17-20)26-21(6-2)14-18(4)15-22(26)7-3/h8-11,14-15,20,27H,5-7,12-13,16-17H2,1-4H3. The Kier molecular flexibility index (Phi) is 7.93. The SMILES string of the molecule is CCc1ccc(SCCC2CC(=O)C(c3c(CC)cc(C)cc3CC)C(=O)C2)cc1. The van der Waals surface area contributed by atoms with Crippen LogP contribution in [-0.2, 0) is 28.9 Å². The zero-order chi connectivity index (χ0) is 21.7. The number of benzene rings is 2. The van der Waals surface area contributed by atoms with E-state index in [9.17, 15) is 9.59 Å². The van der Waals surface area contributed by atoms with E-state index >= 15 is 0 Å². The molecule has 1 fully saturated rings. The number of hydrogen-bond donors (Lipinski definition) is 0. The molecule has 0 N–H and O–H groups in total. The van der Waals surface area contributed by atoms with Crippen molar-refractivity contribution in [2.45, 2.75) is 77.0 Å². The van der Waals surface area contributed by atoms with Crippen molar-refractivity contribution in [2.75, 3.05) is 5.75 Å². The minimum absolute atomic E-state index is 0.127. The van der Waals surface area contributed by atoms with E-state index in [1.54, 1.807) is 0 Å². The van der Waals surface area contributed by atoms with Crippen LogP contribution in [0.15, 0.2) is 41.3 Å². The molecule has 0 bridgehead atoms. The average Bonchev–Trinajstić information content (AvgIpc) is 2.74. The van der Waals surface area contributed by atoms with E-state index in [-0.39, 0.29) is 17.5 Å². The Labute approximate surface area is 185 Å². The van der Waals surface area contributed by atoms with Crippen LogP contribution in [0, 0.1) is 12.8 Å². The van der Waals surface area contributed by atoms with Crippen molar-refractivity contribution >= 4 is 23.3 Å². The highest BCUT2D eigenvalue weighted by atomic mass is 32.2. The van der Waals surface area contributed by atoms with E-state index in [0.717, 1.165) is 37.0 Å². The van der Waals surface area contributed by atoms with Crippen molar-refractivity contribution in [3.8, 4) is 0 Å². The second-order valence-corrected chi connectivity index (χ2v) is 9.65. The molecule has 2 aromatic carbocycles. The van der Waals surface area contributed by atoms with Crippen LogP contribution in [0.2, 0.25) is 0 Å². The van der Waals surface area contributed by atoms with Crippen molar-refractivity contribution in [3.63, 3.8) is 0 Å². The summed E-state index contributed by atoms with van der Waals surface area (Å²) in [7, 11) is 0. The highest BCUT2D eigenvalue weighted by Gasteiger charge is 2.38. The van der Waals surface area contributed by atoms with Gasteiger partial charge in [-0.15, -0.1) is 11.8 Å². The topological polar surface area (TPSA) is 34.1 Å². The Morgan fingerprint density at radius 3 is 1.93 bits per heavy atom. The molecule has 2 nitrogen and oxygen atoms in total. The van der Waals surface area contributed by atoms with Crippen molar-refractivity contribution in [1.29, 1.82) is 0 Å². The molecule has 160 valence electrons. The lowest BCUT2D eigenvalue weighted by atomic mass is 9.73. The van der Waals surface area contributed by atoms with Crippen molar-refractivity contribution in [3.05, 3.63) is 64.2 Å². The van der Waals surface area contributed by atoms with E-state index in [4.69, 9.17) is 0 Å². The fourth-order valence-corrected chi connectivity index (χ4v) is 5.67. The first-order valence-corrected chi connectivity index (χ1v) is 12.3. The quantitative estimate of drug-likeness (QED) is 0.360. The van der Waals surface area contributed by atoms with Crippen molar-refractivity contribution in [2.24, 2.45) is 5.92 Å². The van der Waals surface area contributed by atoms with Crippen LogP contribution in [-0.4, -0.2) is 17.3 Å². The molecule has 3 rings (SSSR count). The van der Waals surface area contributed by atoms with E-state index in [2.05, 4.69) is 64.1 Å². The Morgan fingerprint density at radius 1 is 0.867 bits per heavy atom. The van der Waals surface area contributed by atoms with Crippen molar-refractivity contribution < 1.29 is 9.59 Å². The third kappa shape index (κ3) is 5.24. The summed E-state index contributed by atoms with van der Waals surface area (Å²) in [5.41, 5.74) is 5.92. The molecule has 0 atom stereocenters. The normalized spacial score (nSPS) is 19.3. The van der Waals surface area contributed by atoms with Gasteiger partial charge in [0.1, 0.15) is 17.5 Å². The summed E-state index contributed by atoms with van der Waals surface area (Å²) >= 11 is 1.82. The molecule has 0 radical (unpaired) electrons. The first kappa shape index (κ1) is 22.8. The van der Waals surface area contributed by atoms with Gasteiger partial charge in [-0.3, -0.25) is 9.59 Å². The summed E-state index contributed by atoms with van der Waals surface area (Å²) in [6.07, 6.45) is 4.76. The molecule has 2 aromatic rings. The summed E-state index contributed by atoms with van der Waals surface area (Å²) < 4.78 is 0. The number of carbonyl (C=O) groups excluding carboxylic acids is 2. The van der Waals surface area contributed by atoms with Gasteiger partial charge < -0.3 is 0 Å². The van der Waals surface area contributed by atoms with Gasteiger partial charge >= 0.3 is 0 Å². The molecule has 0 amide bonds. The van der Waals surface area contributed by atoms with Crippen LogP contribution < -0.4 is 0 Å². The zero-order valence-corrected chi connectivity index (χ0v) is 19.6. The van der Waals surface area contributed by atoms with Crippen LogP contribution in [0.1, 0.15) is 73.8 Å². The molecule has 0 aliphatic heterocycles. The van der Waals surface area contributed by atoms with Crippen LogP contribution in [0.25, 0.3) is 0 Å². The summed E-state index contributed by atoms with van der Waals surface area (Å²) in [5, 5.41) is 0. The minimum Gasteiger partial charge on any atom is -0.299 e. The van der Waals surface area contributed by atoms with Gasteiger partial charge in [-0.05, 0) is 78.7 Å². The number of carbonyl (C=O) groups is 2. The number of aryl methyl sites for hydroxylation is 4. The molecule has 1 aliphatic rings. The van der Waals surface area contributed by atoms with E-state index < -0.39 is 5.92 Å². The maximum Gasteiger partial charge on any atom is 0.148 e. The smallest absolute Gasteiger partial charge is 0.148 e. The molecular weight excluding hydrogens is 388 g/mol. The first-order valence-electron chi connectivity index (χ1n) is 11.4. The van der Waals surface area contributed by atoms with E-state index in [0.29, 0.717) is 12.8 Å². The molecule has 30 heavy (non-hydrogen) atoms. The van der Waals surface area contributed by atoms with Crippen LogP contribution in [0.4, 0.5) is 0 Å². The third-order valence-electron chi connectivity index (χ3n) is 6.30. The van der Waals surface area contributed by atoms with Crippen LogP contribution >= 0.6 is 11.8 Å². The lowest BCUT2D eigenvalue weighted by molar-refractivity contribution is -0.133. The van der Waals surface area contributed by atoms with Gasteiger partial charge in [-0.1, -0.05) is 50.6 Å². The lowest BCUT2D eigenvalue weighted by Crippen LogP contribution is -2.33. The van der Waals surface area contributed by atoms with Gasteiger partial charge in [0.05, 0.1) is 0 Å². The Balaban J connectivity index is 1.66. The number of Topliss-reactive ketones (excluding diaryl/α,β-unsaturated/α-hetero) is 2. The number of ketones is 2. The predicted octanol–water partition coefficient (Wildman–Crippen LogP) is 6.50. The number of thioether (sulfide) groups is 1. The molecule has 3 heteroatoms. The molecule has 0 unspecified atom stereocenters. The van der Waals surface area contributed by atoms with Crippen LogP contribution in [0.5, 0.6) is 0 Å². The van der Waals surface area contributed by atoms with Gasteiger partial charge in [0.2, 0.25) is 0 Å². The Hall–Kier alpha value is -1.87. The van der Waals surface area contributed by atoms with E-state index in [1.165, 1.54) is 27.1 Å². The molecule has 0 heterocycles. The second kappa shape index (κ2) is 10.4. The van der Waals surface area contributed by atoms with Gasteiger partial charge in [0.25, 0.3) is 0 Å². The maximum atomic E-state index is 13.1. The van der Waals surface area contributed by atoms with Crippen molar-refractivity contribution in [1.82, 2.24) is 0 Å². The highest BCUT2D eigenvalue weighted by molar-refractivity contribution is 7.99. The summed E-state index contributed by atoms with van der Waals surface area (Å²) in [4.78, 5) is 27.5. The first-order chi connectivity index (χ1) is 14.5. The lowest BCUT2D eigenvalue weighted by Gasteiger charge is -2.29. The molecule has 0 saturated heterocycles. The van der Waals surface area contributed by atoms with Gasteiger partial charge in [-0.25, -0.2) is 0 Å². The van der Waals surface area contributed by atoms with E-state index in [1.807, 2.05) is 11.8 Å². The summed E-state index contributed by atoms with van der Waals surface area (Å²) in [6.45, 7) is 8.48. The summed E-state index contributed by atoms with van der Waals surface area (Å²) in [6, 6.07) is 13.0. The third-order valence-corrected chi connectivity index (χ3v) is 7.34. The Morgan fingerprint density at radius 2 is 1.43 bits per heavy atom. The van der Waals surface area contributed by atoms with Gasteiger partial charge in [0, 0.05) is 17.7 Å². The molecular formula is C27H34O2S. The van der Waals surface area contributed by atoms with Crippen LogP contribution in [0.3, 0.4) is 0 Å². The fraction of sp³-hybridized carbons (Fsp3) is 0.481. The summed E-state index contributed by atoms with van der Waals surface area (Å²) in [5.74, 6) is 0.848. The Bertz CT molecular complexity index is 855. The van der Waals surface area contributed by atoms with Gasteiger partial charge in [0.15, 0.2) is 0 Å². The molecule has 0 aromatic heterocycles. The molecule has 0 spiro atoms. The maximum absolute atomic E-state index is 13.1. The minimum atomic E-state index is -0.541. The molecule has 1 aliphatic carbocycles. The number of rotatable bonds is 8. The highest BCUT2D eigenvalue weighted by Crippen LogP contribution is 2.37. The van der Waals surface area contributed by atoms with Gasteiger partial charge in [-0.2, -0.15) is 0 Å².